The molecule has 0 spiro atoms. The lowest BCUT2D eigenvalue weighted by molar-refractivity contribution is -0.110. The smallest absolute Gasteiger partial charge is 0.163 e. The minimum absolute atomic E-state index is 0.0554. The summed E-state index contributed by atoms with van der Waals surface area (Å²) in [7, 11) is 0. The first-order valence-corrected chi connectivity index (χ1v) is 7.46. The molecular weight excluding hydrogens is 276 g/mol. The number of fused-ring (bicyclic) bond motifs is 1. The molecule has 1 heterocycles. The molecule has 3 nitrogen and oxygen atoms in total. The number of ketones is 1. The molecule has 3 rings (SSSR count). The maximum absolute atomic E-state index is 12.4. The molecule has 0 amide bonds. The largest absolute Gasteiger partial charge is 0.493 e. The summed E-state index contributed by atoms with van der Waals surface area (Å²) >= 11 is 0. The van der Waals surface area contributed by atoms with Gasteiger partial charge in [-0.2, -0.15) is 0 Å². The van der Waals surface area contributed by atoms with Crippen molar-refractivity contribution >= 4 is 12.1 Å². The molecular formula is C19H18O3. The van der Waals surface area contributed by atoms with Crippen LogP contribution in [0, 0.1) is 12.8 Å². The zero-order chi connectivity index (χ0) is 15.5. The molecule has 1 aliphatic rings. The molecule has 2 aromatic carbocycles. The topological polar surface area (TPSA) is 43.4 Å². The van der Waals surface area contributed by atoms with Crippen molar-refractivity contribution in [1.82, 2.24) is 0 Å². The molecule has 2 aromatic rings. The molecule has 0 saturated carbocycles. The van der Waals surface area contributed by atoms with Crippen molar-refractivity contribution in [2.24, 2.45) is 5.92 Å². The number of benzene rings is 2. The second-order valence-electron chi connectivity index (χ2n) is 5.76. The zero-order valence-electron chi connectivity index (χ0n) is 12.5. The molecule has 3 heteroatoms. The van der Waals surface area contributed by atoms with Crippen LogP contribution in [0.25, 0.3) is 0 Å². The van der Waals surface area contributed by atoms with Crippen LogP contribution in [0.5, 0.6) is 5.75 Å². The van der Waals surface area contributed by atoms with Crippen molar-refractivity contribution in [2.75, 3.05) is 6.61 Å². The Balaban J connectivity index is 1.79. The highest BCUT2D eigenvalue weighted by molar-refractivity contribution is 5.96. The highest BCUT2D eigenvalue weighted by atomic mass is 16.5. The minimum atomic E-state index is -0.278. The fourth-order valence-electron chi connectivity index (χ4n) is 2.91. The van der Waals surface area contributed by atoms with Crippen LogP contribution in [-0.4, -0.2) is 18.7 Å². The van der Waals surface area contributed by atoms with Gasteiger partial charge in [0.05, 0.1) is 6.61 Å². The SMILES string of the molecule is Cc1ccc(C(=O)CC2COc3ccccc3C2C=O)cc1. The summed E-state index contributed by atoms with van der Waals surface area (Å²) in [6, 6.07) is 15.1. The number of carbonyl (C=O) groups excluding carboxylic acids is 2. The lowest BCUT2D eigenvalue weighted by Crippen LogP contribution is -2.29. The molecule has 0 bridgehead atoms. The molecule has 0 N–H and O–H groups in total. The van der Waals surface area contributed by atoms with E-state index in [0.29, 0.717) is 18.6 Å². The Morgan fingerprint density at radius 1 is 1.18 bits per heavy atom. The summed E-state index contributed by atoms with van der Waals surface area (Å²) in [6.07, 6.45) is 1.26. The monoisotopic (exact) mass is 294 g/mol. The molecule has 2 atom stereocenters. The van der Waals surface area contributed by atoms with E-state index in [1.807, 2.05) is 55.5 Å². The molecule has 0 saturated heterocycles. The van der Waals surface area contributed by atoms with Crippen LogP contribution < -0.4 is 4.74 Å². The van der Waals surface area contributed by atoms with Crippen LogP contribution in [0.15, 0.2) is 48.5 Å². The van der Waals surface area contributed by atoms with Gasteiger partial charge in [0.25, 0.3) is 0 Å². The van der Waals surface area contributed by atoms with Gasteiger partial charge in [-0.15, -0.1) is 0 Å². The summed E-state index contributed by atoms with van der Waals surface area (Å²) in [6.45, 7) is 2.39. The van der Waals surface area contributed by atoms with Gasteiger partial charge in [0.1, 0.15) is 12.0 Å². The number of hydrogen-bond donors (Lipinski definition) is 0. The molecule has 1 aliphatic heterocycles. The van der Waals surface area contributed by atoms with Crippen molar-refractivity contribution in [3.05, 3.63) is 65.2 Å². The number of aryl methyl sites for hydroxylation is 1. The van der Waals surface area contributed by atoms with E-state index in [2.05, 4.69) is 0 Å². The Kier molecular flexibility index (Phi) is 4.05. The molecule has 0 fully saturated rings. The Labute approximate surface area is 129 Å². The van der Waals surface area contributed by atoms with Crippen LogP contribution in [0.1, 0.15) is 33.8 Å². The van der Waals surface area contributed by atoms with Crippen molar-refractivity contribution < 1.29 is 14.3 Å². The average Bonchev–Trinajstić information content (AvgIpc) is 2.55. The van der Waals surface area contributed by atoms with Crippen molar-refractivity contribution in [2.45, 2.75) is 19.3 Å². The molecule has 112 valence electrons. The first-order chi connectivity index (χ1) is 10.7. The Morgan fingerprint density at radius 3 is 2.64 bits per heavy atom. The second kappa shape index (κ2) is 6.14. The Hall–Kier alpha value is -2.42. The third-order valence-electron chi connectivity index (χ3n) is 4.21. The number of carbonyl (C=O) groups is 2. The van der Waals surface area contributed by atoms with Gasteiger partial charge in [0.2, 0.25) is 0 Å². The summed E-state index contributed by atoms with van der Waals surface area (Å²) in [4.78, 5) is 24.0. The quantitative estimate of drug-likeness (QED) is 0.639. The number of ether oxygens (including phenoxy) is 1. The normalized spacial score (nSPS) is 19.9. The second-order valence-corrected chi connectivity index (χ2v) is 5.76. The lowest BCUT2D eigenvalue weighted by atomic mass is 9.81. The summed E-state index contributed by atoms with van der Waals surface area (Å²) in [5.41, 5.74) is 2.69. The van der Waals surface area contributed by atoms with Crippen LogP contribution in [0.4, 0.5) is 0 Å². The van der Waals surface area contributed by atoms with Gasteiger partial charge in [0.15, 0.2) is 5.78 Å². The zero-order valence-corrected chi connectivity index (χ0v) is 12.5. The standard InChI is InChI=1S/C19H18O3/c1-13-6-8-14(9-7-13)18(21)10-15-12-22-19-5-3-2-4-16(19)17(15)11-20/h2-9,11,15,17H,10,12H2,1H3. The van der Waals surface area contributed by atoms with Crippen molar-refractivity contribution in [3.8, 4) is 5.75 Å². The predicted molar refractivity (Wildman–Crippen MR) is 84.4 cm³/mol. The van der Waals surface area contributed by atoms with Gasteiger partial charge in [-0.1, -0.05) is 48.0 Å². The molecule has 0 aliphatic carbocycles. The number of Topliss-reactive ketones (excluding diaryl/α,β-unsaturated/α-hetero) is 1. The molecule has 0 radical (unpaired) electrons. The molecule has 2 unspecified atom stereocenters. The minimum Gasteiger partial charge on any atom is -0.493 e. The van der Waals surface area contributed by atoms with Crippen LogP contribution >= 0.6 is 0 Å². The number of hydrogen-bond acceptors (Lipinski definition) is 3. The van der Waals surface area contributed by atoms with Crippen molar-refractivity contribution in [3.63, 3.8) is 0 Å². The molecule has 0 aromatic heterocycles. The number of rotatable bonds is 4. The van der Waals surface area contributed by atoms with Gasteiger partial charge in [0, 0.05) is 29.4 Å². The first kappa shape index (κ1) is 14.5. The maximum Gasteiger partial charge on any atom is 0.163 e. The average molecular weight is 294 g/mol. The summed E-state index contributed by atoms with van der Waals surface area (Å²) in [5.74, 6) is 0.416. The van der Waals surface area contributed by atoms with E-state index in [0.717, 1.165) is 23.2 Å². The fourth-order valence-corrected chi connectivity index (χ4v) is 2.91. The van der Waals surface area contributed by atoms with E-state index < -0.39 is 0 Å². The predicted octanol–water partition coefficient (Wildman–Crippen LogP) is 3.56. The van der Waals surface area contributed by atoms with E-state index in [1.54, 1.807) is 0 Å². The summed E-state index contributed by atoms with van der Waals surface area (Å²) in [5, 5.41) is 0. The highest BCUT2D eigenvalue weighted by Gasteiger charge is 2.32. The van der Waals surface area contributed by atoms with E-state index in [-0.39, 0.29) is 17.6 Å². The van der Waals surface area contributed by atoms with Crippen molar-refractivity contribution in [1.29, 1.82) is 0 Å². The highest BCUT2D eigenvalue weighted by Crippen LogP contribution is 2.37. The van der Waals surface area contributed by atoms with E-state index in [1.165, 1.54) is 0 Å². The van der Waals surface area contributed by atoms with Gasteiger partial charge < -0.3 is 9.53 Å². The van der Waals surface area contributed by atoms with Crippen LogP contribution in [0.2, 0.25) is 0 Å². The van der Waals surface area contributed by atoms with Gasteiger partial charge in [-0.3, -0.25) is 4.79 Å². The third-order valence-corrected chi connectivity index (χ3v) is 4.21. The maximum atomic E-state index is 12.4. The van der Waals surface area contributed by atoms with Crippen LogP contribution in [0.3, 0.4) is 0 Å². The Morgan fingerprint density at radius 2 is 1.91 bits per heavy atom. The van der Waals surface area contributed by atoms with E-state index in [9.17, 15) is 9.59 Å². The number of aldehydes is 1. The van der Waals surface area contributed by atoms with E-state index in [4.69, 9.17) is 4.74 Å². The van der Waals surface area contributed by atoms with Gasteiger partial charge in [-0.05, 0) is 13.0 Å². The van der Waals surface area contributed by atoms with Crippen LogP contribution in [-0.2, 0) is 4.79 Å². The van der Waals surface area contributed by atoms with E-state index >= 15 is 0 Å². The first-order valence-electron chi connectivity index (χ1n) is 7.46. The fraction of sp³-hybridized carbons (Fsp3) is 0.263. The molecule has 22 heavy (non-hydrogen) atoms. The number of para-hydroxylation sites is 1. The third kappa shape index (κ3) is 2.80. The van der Waals surface area contributed by atoms with Gasteiger partial charge in [-0.25, -0.2) is 0 Å². The summed E-state index contributed by atoms with van der Waals surface area (Å²) < 4.78 is 5.71. The Bertz CT molecular complexity index is 688. The van der Waals surface area contributed by atoms with Gasteiger partial charge >= 0.3 is 0 Å². The lowest BCUT2D eigenvalue weighted by Gasteiger charge is -2.30.